The molecule has 0 aliphatic heterocycles. The molecule has 0 bridgehead atoms. The Morgan fingerprint density at radius 3 is 2.76 bits per heavy atom. The van der Waals surface area contributed by atoms with Gasteiger partial charge in [-0.05, 0) is 30.2 Å². The van der Waals surface area contributed by atoms with Gasteiger partial charge in [0.15, 0.2) is 9.84 Å². The first-order chi connectivity index (χ1) is 7.94. The summed E-state index contributed by atoms with van der Waals surface area (Å²) in [5.41, 5.74) is 6.65. The Bertz CT molecular complexity index is 474. The van der Waals surface area contributed by atoms with Crippen molar-refractivity contribution in [1.82, 2.24) is 0 Å². The van der Waals surface area contributed by atoms with Gasteiger partial charge in [0.05, 0.1) is 11.5 Å². The predicted octanol–water partition coefficient (Wildman–Crippen LogP) is 1.87. The van der Waals surface area contributed by atoms with Crippen LogP contribution in [0.25, 0.3) is 0 Å². The van der Waals surface area contributed by atoms with Crippen molar-refractivity contribution in [1.29, 1.82) is 0 Å². The Kier molecular flexibility index (Phi) is 5.24. The largest absolute Gasteiger partial charge is 0.399 e. The van der Waals surface area contributed by atoms with Crippen molar-refractivity contribution >= 4 is 27.1 Å². The molecule has 1 aromatic carbocycles. The van der Waals surface area contributed by atoms with Crippen LogP contribution >= 0.6 is 11.6 Å². The average molecular weight is 278 g/mol. The molecular weight excluding hydrogens is 262 g/mol. The van der Waals surface area contributed by atoms with E-state index in [-0.39, 0.29) is 11.5 Å². The van der Waals surface area contributed by atoms with Gasteiger partial charge in [0, 0.05) is 24.4 Å². The first-order valence-corrected chi connectivity index (χ1v) is 7.38. The molecule has 6 heteroatoms. The van der Waals surface area contributed by atoms with Gasteiger partial charge in [-0.1, -0.05) is 11.6 Å². The highest BCUT2D eigenvalue weighted by molar-refractivity contribution is 7.90. The van der Waals surface area contributed by atoms with Crippen molar-refractivity contribution in [2.24, 2.45) is 0 Å². The summed E-state index contributed by atoms with van der Waals surface area (Å²) in [6.45, 7) is 0.434. The maximum atomic E-state index is 11.8. The molecule has 0 amide bonds. The van der Waals surface area contributed by atoms with E-state index in [1.807, 2.05) is 0 Å². The standard InChI is InChI=1S/C11H16ClNO3S/c1-16-5-2-6-17(14,15)8-9-7-10(13)3-4-11(9)12/h3-4,7H,2,5-6,8,13H2,1H3. The Morgan fingerprint density at radius 2 is 2.12 bits per heavy atom. The fraction of sp³-hybridized carbons (Fsp3) is 0.455. The summed E-state index contributed by atoms with van der Waals surface area (Å²) < 4.78 is 28.4. The van der Waals surface area contributed by atoms with Crippen molar-refractivity contribution in [2.45, 2.75) is 12.2 Å². The first-order valence-electron chi connectivity index (χ1n) is 5.18. The van der Waals surface area contributed by atoms with Gasteiger partial charge in [-0.3, -0.25) is 0 Å². The molecule has 1 aromatic rings. The number of hydrogen-bond donors (Lipinski definition) is 1. The quantitative estimate of drug-likeness (QED) is 0.637. The van der Waals surface area contributed by atoms with E-state index >= 15 is 0 Å². The lowest BCUT2D eigenvalue weighted by Crippen LogP contribution is -2.11. The second-order valence-electron chi connectivity index (χ2n) is 3.79. The minimum Gasteiger partial charge on any atom is -0.399 e. The average Bonchev–Trinajstić information content (AvgIpc) is 2.23. The van der Waals surface area contributed by atoms with Crippen LogP contribution in [0, 0.1) is 0 Å². The normalized spacial score (nSPS) is 11.6. The fourth-order valence-electron chi connectivity index (χ4n) is 1.44. The Balaban J connectivity index is 2.72. The highest BCUT2D eigenvalue weighted by Crippen LogP contribution is 2.21. The summed E-state index contributed by atoms with van der Waals surface area (Å²) in [5.74, 6) is 0.00650. The molecule has 0 aliphatic carbocycles. The Morgan fingerprint density at radius 1 is 1.41 bits per heavy atom. The number of sulfone groups is 1. The van der Waals surface area contributed by atoms with E-state index < -0.39 is 9.84 Å². The van der Waals surface area contributed by atoms with Crippen molar-refractivity contribution in [3.05, 3.63) is 28.8 Å². The SMILES string of the molecule is COCCCS(=O)(=O)Cc1cc(N)ccc1Cl. The molecule has 0 aliphatic rings. The van der Waals surface area contributed by atoms with Gasteiger partial charge in [0.1, 0.15) is 0 Å². The lowest BCUT2D eigenvalue weighted by atomic mass is 10.2. The summed E-state index contributed by atoms with van der Waals surface area (Å²) >= 11 is 5.92. The van der Waals surface area contributed by atoms with Crippen LogP contribution in [0.1, 0.15) is 12.0 Å². The summed E-state index contributed by atoms with van der Waals surface area (Å²) in [6.07, 6.45) is 0.485. The van der Waals surface area contributed by atoms with Gasteiger partial charge in [-0.15, -0.1) is 0 Å². The molecule has 0 radical (unpaired) electrons. The lowest BCUT2D eigenvalue weighted by Gasteiger charge is -2.07. The van der Waals surface area contributed by atoms with Crippen LogP contribution < -0.4 is 5.73 Å². The van der Waals surface area contributed by atoms with E-state index in [0.29, 0.717) is 29.3 Å². The molecule has 0 aromatic heterocycles. The van der Waals surface area contributed by atoms with Gasteiger partial charge in [-0.2, -0.15) is 0 Å². The topological polar surface area (TPSA) is 69.4 Å². The zero-order valence-corrected chi connectivity index (χ0v) is 11.2. The van der Waals surface area contributed by atoms with Crippen molar-refractivity contribution < 1.29 is 13.2 Å². The van der Waals surface area contributed by atoms with Gasteiger partial charge in [-0.25, -0.2) is 8.42 Å². The number of ether oxygens (including phenoxy) is 1. The zero-order chi connectivity index (χ0) is 12.9. The van der Waals surface area contributed by atoms with Crippen LogP contribution in [-0.4, -0.2) is 27.9 Å². The van der Waals surface area contributed by atoms with Crippen molar-refractivity contribution in [3.8, 4) is 0 Å². The summed E-state index contributed by atoms with van der Waals surface area (Å²) in [6, 6.07) is 4.84. The van der Waals surface area contributed by atoms with Gasteiger partial charge < -0.3 is 10.5 Å². The number of methoxy groups -OCH3 is 1. The first kappa shape index (κ1) is 14.3. The lowest BCUT2D eigenvalue weighted by molar-refractivity contribution is 0.199. The maximum Gasteiger partial charge on any atom is 0.154 e. The molecule has 2 N–H and O–H groups in total. The van der Waals surface area contributed by atoms with Gasteiger partial charge in [0.2, 0.25) is 0 Å². The molecule has 0 heterocycles. The molecule has 0 unspecified atom stereocenters. The highest BCUT2D eigenvalue weighted by atomic mass is 35.5. The predicted molar refractivity (Wildman–Crippen MR) is 69.8 cm³/mol. The molecule has 0 saturated heterocycles. The molecule has 1 rings (SSSR count). The van der Waals surface area contributed by atoms with E-state index in [1.54, 1.807) is 25.3 Å². The van der Waals surface area contributed by atoms with E-state index in [1.165, 1.54) is 0 Å². The van der Waals surface area contributed by atoms with Crippen LogP contribution in [-0.2, 0) is 20.3 Å². The third-order valence-corrected chi connectivity index (χ3v) is 4.28. The maximum absolute atomic E-state index is 11.8. The Hall–Kier alpha value is -0.780. The van der Waals surface area contributed by atoms with E-state index in [2.05, 4.69) is 0 Å². The minimum absolute atomic E-state index is 0.0828. The van der Waals surface area contributed by atoms with E-state index in [9.17, 15) is 8.42 Å². The minimum atomic E-state index is -3.17. The van der Waals surface area contributed by atoms with Crippen molar-refractivity contribution in [3.63, 3.8) is 0 Å². The van der Waals surface area contributed by atoms with Gasteiger partial charge >= 0.3 is 0 Å². The monoisotopic (exact) mass is 277 g/mol. The zero-order valence-electron chi connectivity index (χ0n) is 9.65. The molecule has 4 nitrogen and oxygen atoms in total. The van der Waals surface area contributed by atoms with E-state index in [4.69, 9.17) is 22.1 Å². The molecule has 0 spiro atoms. The smallest absolute Gasteiger partial charge is 0.154 e. The van der Waals surface area contributed by atoms with Crippen LogP contribution in [0.2, 0.25) is 5.02 Å². The fourth-order valence-corrected chi connectivity index (χ4v) is 3.12. The van der Waals surface area contributed by atoms with E-state index in [0.717, 1.165) is 0 Å². The third kappa shape index (κ3) is 4.93. The number of anilines is 1. The summed E-state index contributed by atoms with van der Waals surface area (Å²) in [5, 5.41) is 0.425. The second-order valence-corrected chi connectivity index (χ2v) is 6.38. The number of rotatable bonds is 6. The highest BCUT2D eigenvalue weighted by Gasteiger charge is 2.14. The number of nitrogens with two attached hydrogens (primary N) is 1. The number of hydrogen-bond acceptors (Lipinski definition) is 4. The molecule has 0 saturated carbocycles. The van der Waals surface area contributed by atoms with Crippen LogP contribution in [0.3, 0.4) is 0 Å². The summed E-state index contributed by atoms with van der Waals surface area (Å²) in [4.78, 5) is 0. The molecule has 0 fully saturated rings. The molecule has 96 valence electrons. The van der Waals surface area contributed by atoms with Gasteiger partial charge in [0.25, 0.3) is 0 Å². The molecule has 17 heavy (non-hydrogen) atoms. The third-order valence-electron chi connectivity index (χ3n) is 2.25. The number of halogens is 1. The second kappa shape index (κ2) is 6.23. The molecule has 0 atom stereocenters. The number of benzene rings is 1. The Labute approximate surface area is 107 Å². The van der Waals surface area contributed by atoms with Crippen LogP contribution in [0.4, 0.5) is 5.69 Å². The van der Waals surface area contributed by atoms with Crippen LogP contribution in [0.5, 0.6) is 0 Å². The summed E-state index contributed by atoms with van der Waals surface area (Å²) in [7, 11) is -1.62. The van der Waals surface area contributed by atoms with Crippen LogP contribution in [0.15, 0.2) is 18.2 Å². The van der Waals surface area contributed by atoms with Crippen molar-refractivity contribution in [2.75, 3.05) is 25.2 Å². The number of nitrogen functional groups attached to an aromatic ring is 1. The molecular formula is C11H16ClNO3S.